The van der Waals surface area contributed by atoms with Crippen molar-refractivity contribution in [2.45, 2.75) is 25.4 Å². The zero-order chi connectivity index (χ0) is 11.1. The molecule has 3 rings (SSSR count). The molecule has 0 aromatic carbocycles. The van der Waals surface area contributed by atoms with Gasteiger partial charge in [-0.3, -0.25) is 9.58 Å². The molecule has 0 radical (unpaired) electrons. The summed E-state index contributed by atoms with van der Waals surface area (Å²) in [5.74, 6) is 1.60. The van der Waals surface area contributed by atoms with Crippen LogP contribution >= 0.6 is 12.4 Å². The van der Waals surface area contributed by atoms with E-state index in [1.807, 2.05) is 17.9 Å². The topological polar surface area (TPSA) is 47.1 Å². The van der Waals surface area contributed by atoms with Crippen LogP contribution in [-0.2, 0) is 13.6 Å². The molecular weight excluding hydrogens is 236 g/mol. The summed E-state index contributed by atoms with van der Waals surface area (Å²) < 4.78 is 1.87. The number of hydrogen-bond acceptors (Lipinski definition) is 3. The van der Waals surface area contributed by atoms with Crippen LogP contribution in [0.25, 0.3) is 0 Å². The summed E-state index contributed by atoms with van der Waals surface area (Å²) in [4.78, 5) is 2.53. The Balaban J connectivity index is 0.00000108. The van der Waals surface area contributed by atoms with Crippen molar-refractivity contribution in [3.05, 3.63) is 18.0 Å². The molecule has 4 nitrogen and oxygen atoms in total. The maximum Gasteiger partial charge on any atom is 0.0534 e. The van der Waals surface area contributed by atoms with Crippen LogP contribution in [0, 0.1) is 11.8 Å². The van der Waals surface area contributed by atoms with E-state index >= 15 is 0 Å². The molecule has 0 bridgehead atoms. The molecule has 1 aliphatic heterocycles. The van der Waals surface area contributed by atoms with Gasteiger partial charge in [-0.1, -0.05) is 0 Å². The highest BCUT2D eigenvalue weighted by molar-refractivity contribution is 5.85. The van der Waals surface area contributed by atoms with Gasteiger partial charge in [-0.15, -0.1) is 12.4 Å². The molecule has 3 atom stereocenters. The van der Waals surface area contributed by atoms with E-state index in [1.165, 1.54) is 31.5 Å². The first-order chi connectivity index (χ1) is 7.72. The smallest absolute Gasteiger partial charge is 0.0534 e. The maximum absolute atomic E-state index is 6.14. The van der Waals surface area contributed by atoms with Gasteiger partial charge in [0.15, 0.2) is 0 Å². The minimum atomic E-state index is 0. The summed E-state index contributed by atoms with van der Waals surface area (Å²) in [7, 11) is 1.97. The third-order valence-corrected chi connectivity index (χ3v) is 4.15. The van der Waals surface area contributed by atoms with Crippen molar-refractivity contribution in [2.75, 3.05) is 13.1 Å². The van der Waals surface area contributed by atoms with Crippen LogP contribution in [0.5, 0.6) is 0 Å². The Morgan fingerprint density at radius 2 is 2.24 bits per heavy atom. The van der Waals surface area contributed by atoms with Crippen molar-refractivity contribution in [3.63, 3.8) is 0 Å². The fourth-order valence-corrected chi connectivity index (χ4v) is 3.34. The van der Waals surface area contributed by atoms with Gasteiger partial charge in [0.1, 0.15) is 0 Å². The van der Waals surface area contributed by atoms with Gasteiger partial charge in [0.05, 0.1) is 6.20 Å². The van der Waals surface area contributed by atoms with Crippen LogP contribution in [0.4, 0.5) is 0 Å². The van der Waals surface area contributed by atoms with Crippen LogP contribution in [0.15, 0.2) is 12.4 Å². The Labute approximate surface area is 109 Å². The SMILES string of the molecule is Cl.Cn1cc(CN2CC3CCC(N)C3C2)cn1. The van der Waals surface area contributed by atoms with Gasteiger partial charge in [0, 0.05) is 44.5 Å². The number of rotatable bonds is 2. The van der Waals surface area contributed by atoms with Crippen LogP contribution in [0.3, 0.4) is 0 Å². The van der Waals surface area contributed by atoms with E-state index in [-0.39, 0.29) is 12.4 Å². The van der Waals surface area contributed by atoms with Gasteiger partial charge >= 0.3 is 0 Å². The lowest BCUT2D eigenvalue weighted by Crippen LogP contribution is -2.30. The fourth-order valence-electron chi connectivity index (χ4n) is 3.34. The average Bonchev–Trinajstić information content (AvgIpc) is 2.88. The standard InChI is InChI=1S/C12H20N4.ClH/c1-15-5-9(4-14-15)6-16-7-10-2-3-12(13)11(10)8-16;/h4-5,10-12H,2-3,6-8,13H2,1H3;1H. The molecular formula is C12H21ClN4. The Kier molecular flexibility index (Phi) is 3.76. The molecule has 1 aromatic rings. The highest BCUT2D eigenvalue weighted by atomic mass is 35.5. The van der Waals surface area contributed by atoms with Crippen LogP contribution in [0.1, 0.15) is 18.4 Å². The Hall–Kier alpha value is -0.580. The molecule has 1 saturated carbocycles. The molecule has 1 aliphatic carbocycles. The number of aryl methyl sites for hydroxylation is 1. The van der Waals surface area contributed by atoms with Crippen molar-refractivity contribution in [1.82, 2.24) is 14.7 Å². The average molecular weight is 257 g/mol. The van der Waals surface area contributed by atoms with Gasteiger partial charge in [-0.25, -0.2) is 0 Å². The molecule has 17 heavy (non-hydrogen) atoms. The van der Waals surface area contributed by atoms with E-state index in [1.54, 1.807) is 0 Å². The molecule has 2 N–H and O–H groups in total. The molecule has 5 heteroatoms. The minimum Gasteiger partial charge on any atom is -0.327 e. The molecule has 2 aliphatic rings. The number of likely N-dealkylation sites (tertiary alicyclic amines) is 1. The van der Waals surface area contributed by atoms with Crippen molar-refractivity contribution in [3.8, 4) is 0 Å². The van der Waals surface area contributed by atoms with Gasteiger partial charge in [0.25, 0.3) is 0 Å². The van der Waals surface area contributed by atoms with Gasteiger partial charge in [0.2, 0.25) is 0 Å². The number of nitrogens with zero attached hydrogens (tertiary/aromatic N) is 3. The second-order valence-electron chi connectivity index (χ2n) is 5.38. The summed E-state index contributed by atoms with van der Waals surface area (Å²) in [5.41, 5.74) is 7.45. The molecule has 0 spiro atoms. The van der Waals surface area contributed by atoms with E-state index in [9.17, 15) is 0 Å². The van der Waals surface area contributed by atoms with Crippen LogP contribution in [0.2, 0.25) is 0 Å². The summed E-state index contributed by atoms with van der Waals surface area (Å²) in [6.45, 7) is 3.45. The summed E-state index contributed by atoms with van der Waals surface area (Å²) in [6, 6.07) is 0.448. The van der Waals surface area contributed by atoms with Crippen molar-refractivity contribution >= 4 is 12.4 Å². The van der Waals surface area contributed by atoms with Crippen molar-refractivity contribution < 1.29 is 0 Å². The molecule has 2 heterocycles. The van der Waals surface area contributed by atoms with Crippen LogP contribution < -0.4 is 5.73 Å². The number of hydrogen-bond donors (Lipinski definition) is 1. The fraction of sp³-hybridized carbons (Fsp3) is 0.750. The van der Waals surface area contributed by atoms with Gasteiger partial charge in [-0.2, -0.15) is 5.10 Å². The lowest BCUT2D eigenvalue weighted by molar-refractivity contribution is 0.298. The van der Waals surface area contributed by atoms with E-state index in [4.69, 9.17) is 5.73 Å². The highest BCUT2D eigenvalue weighted by Crippen LogP contribution is 2.37. The van der Waals surface area contributed by atoms with Crippen molar-refractivity contribution in [1.29, 1.82) is 0 Å². The zero-order valence-electron chi connectivity index (χ0n) is 10.2. The number of nitrogens with two attached hydrogens (primary N) is 1. The second-order valence-corrected chi connectivity index (χ2v) is 5.38. The Morgan fingerprint density at radius 3 is 2.88 bits per heavy atom. The van der Waals surface area contributed by atoms with Gasteiger partial charge in [-0.05, 0) is 24.7 Å². The minimum absolute atomic E-state index is 0. The van der Waals surface area contributed by atoms with Crippen molar-refractivity contribution in [2.24, 2.45) is 24.6 Å². The zero-order valence-corrected chi connectivity index (χ0v) is 11.1. The van der Waals surface area contributed by atoms with E-state index < -0.39 is 0 Å². The lowest BCUT2D eigenvalue weighted by Gasteiger charge is -2.17. The molecule has 3 unspecified atom stereocenters. The normalized spacial score (nSPS) is 32.5. The van der Waals surface area contributed by atoms with Crippen LogP contribution in [-0.4, -0.2) is 33.8 Å². The summed E-state index contributed by atoms with van der Waals surface area (Å²) in [5, 5.41) is 4.21. The second kappa shape index (κ2) is 4.96. The molecule has 96 valence electrons. The van der Waals surface area contributed by atoms with E-state index in [2.05, 4.69) is 16.2 Å². The predicted octanol–water partition coefficient (Wildman–Crippen LogP) is 1.01. The summed E-state index contributed by atoms with van der Waals surface area (Å²) >= 11 is 0. The van der Waals surface area contributed by atoms with E-state index in [0.717, 1.165) is 18.4 Å². The third-order valence-electron chi connectivity index (χ3n) is 4.15. The van der Waals surface area contributed by atoms with Gasteiger partial charge < -0.3 is 5.73 Å². The highest BCUT2D eigenvalue weighted by Gasteiger charge is 2.40. The molecule has 2 fully saturated rings. The first-order valence-electron chi connectivity index (χ1n) is 6.18. The Bertz CT molecular complexity index is 378. The quantitative estimate of drug-likeness (QED) is 0.859. The maximum atomic E-state index is 6.14. The largest absolute Gasteiger partial charge is 0.327 e. The molecule has 0 amide bonds. The molecule has 1 saturated heterocycles. The molecule has 1 aromatic heterocycles. The number of halogens is 1. The number of fused-ring (bicyclic) bond motifs is 1. The monoisotopic (exact) mass is 256 g/mol. The summed E-state index contributed by atoms with van der Waals surface area (Å²) in [6.07, 6.45) is 6.63. The predicted molar refractivity (Wildman–Crippen MR) is 69.9 cm³/mol. The Morgan fingerprint density at radius 1 is 1.41 bits per heavy atom. The first kappa shape index (κ1) is 12.9. The third kappa shape index (κ3) is 2.49. The number of aromatic nitrogens is 2. The first-order valence-corrected chi connectivity index (χ1v) is 6.18. The lowest BCUT2D eigenvalue weighted by atomic mass is 9.98. The van der Waals surface area contributed by atoms with E-state index in [0.29, 0.717) is 6.04 Å².